The van der Waals surface area contributed by atoms with Crippen LogP contribution in [0.25, 0.3) is 0 Å². The Bertz CT molecular complexity index is 1020. The Balaban J connectivity index is 2.20. The van der Waals surface area contributed by atoms with Crippen LogP contribution in [0, 0.1) is 6.92 Å². The molecule has 0 aliphatic heterocycles. The number of halogens is 2. The van der Waals surface area contributed by atoms with Gasteiger partial charge in [0.25, 0.3) is 5.91 Å². The summed E-state index contributed by atoms with van der Waals surface area (Å²) in [4.78, 5) is 12.7. The molecule has 2 rings (SSSR count). The monoisotopic (exact) mass is 456 g/mol. The molecule has 7 nitrogen and oxygen atoms in total. The maximum atomic E-state index is 12.9. The second-order valence-corrected chi connectivity index (χ2v) is 8.52. The summed E-state index contributed by atoms with van der Waals surface area (Å²) in [6.45, 7) is 2.91. The SMILES string of the molecule is CCN(CC)S(=O)(=O)c1cc(C(=O)NCc2ccc(OC(F)F)c(OC)c2)ccc1C. The highest BCUT2D eigenvalue weighted by molar-refractivity contribution is 7.89. The Morgan fingerprint density at radius 1 is 1.10 bits per heavy atom. The fraction of sp³-hybridized carbons (Fsp3) is 0.381. The molecule has 0 saturated heterocycles. The fourth-order valence-corrected chi connectivity index (χ4v) is 4.73. The van der Waals surface area contributed by atoms with Crippen LogP contribution in [0.3, 0.4) is 0 Å². The molecule has 2 aromatic carbocycles. The van der Waals surface area contributed by atoms with Gasteiger partial charge < -0.3 is 14.8 Å². The molecular weight excluding hydrogens is 430 g/mol. The normalized spacial score (nSPS) is 11.6. The minimum Gasteiger partial charge on any atom is -0.493 e. The van der Waals surface area contributed by atoms with Gasteiger partial charge >= 0.3 is 6.61 Å². The maximum Gasteiger partial charge on any atom is 0.387 e. The number of benzene rings is 2. The second-order valence-electron chi connectivity index (χ2n) is 6.62. The van der Waals surface area contributed by atoms with Crippen molar-refractivity contribution in [2.45, 2.75) is 38.8 Å². The van der Waals surface area contributed by atoms with Gasteiger partial charge in [0, 0.05) is 25.2 Å². The zero-order chi connectivity index (χ0) is 23.2. The van der Waals surface area contributed by atoms with Gasteiger partial charge in [0.05, 0.1) is 12.0 Å². The third-order valence-corrected chi connectivity index (χ3v) is 6.86. The zero-order valence-electron chi connectivity index (χ0n) is 17.8. The molecule has 0 aliphatic carbocycles. The van der Waals surface area contributed by atoms with E-state index in [1.54, 1.807) is 32.9 Å². The highest BCUT2D eigenvalue weighted by Crippen LogP contribution is 2.29. The first kappa shape index (κ1) is 24.5. The van der Waals surface area contributed by atoms with Gasteiger partial charge in [-0.2, -0.15) is 13.1 Å². The summed E-state index contributed by atoms with van der Waals surface area (Å²) in [7, 11) is -2.40. The number of hydrogen-bond donors (Lipinski definition) is 1. The lowest BCUT2D eigenvalue weighted by atomic mass is 10.1. The van der Waals surface area contributed by atoms with Crippen molar-refractivity contribution < 1.29 is 31.5 Å². The number of sulfonamides is 1. The minimum atomic E-state index is -3.72. The van der Waals surface area contributed by atoms with Crippen LogP contribution in [0.5, 0.6) is 11.5 Å². The number of hydrogen-bond acceptors (Lipinski definition) is 5. The number of nitrogens with zero attached hydrogens (tertiary/aromatic N) is 1. The Labute approximate surface area is 181 Å². The highest BCUT2D eigenvalue weighted by atomic mass is 32.2. The highest BCUT2D eigenvalue weighted by Gasteiger charge is 2.24. The first-order chi connectivity index (χ1) is 14.6. The summed E-state index contributed by atoms with van der Waals surface area (Å²) in [5.74, 6) is -0.477. The Morgan fingerprint density at radius 3 is 2.35 bits per heavy atom. The average molecular weight is 457 g/mol. The summed E-state index contributed by atoms with van der Waals surface area (Å²) >= 11 is 0. The van der Waals surface area contributed by atoms with Crippen molar-refractivity contribution in [1.29, 1.82) is 0 Å². The molecule has 0 saturated carbocycles. The van der Waals surface area contributed by atoms with E-state index in [1.165, 1.54) is 35.7 Å². The molecule has 0 spiro atoms. The molecule has 31 heavy (non-hydrogen) atoms. The van der Waals surface area contributed by atoms with E-state index >= 15 is 0 Å². The van der Waals surface area contributed by atoms with Gasteiger partial charge in [-0.15, -0.1) is 0 Å². The van der Waals surface area contributed by atoms with Gasteiger partial charge in [0.15, 0.2) is 11.5 Å². The predicted octanol–water partition coefficient (Wildman–Crippen LogP) is 3.57. The lowest BCUT2D eigenvalue weighted by Gasteiger charge is -2.20. The van der Waals surface area contributed by atoms with Gasteiger partial charge in [0.1, 0.15) is 0 Å². The number of amides is 1. The van der Waals surface area contributed by atoms with E-state index in [2.05, 4.69) is 10.1 Å². The van der Waals surface area contributed by atoms with Crippen LogP contribution < -0.4 is 14.8 Å². The van der Waals surface area contributed by atoms with Crippen molar-refractivity contribution in [3.8, 4) is 11.5 Å². The van der Waals surface area contributed by atoms with E-state index in [-0.39, 0.29) is 28.5 Å². The third-order valence-electron chi connectivity index (χ3n) is 4.67. The van der Waals surface area contributed by atoms with Gasteiger partial charge in [-0.05, 0) is 42.3 Å². The first-order valence-electron chi connectivity index (χ1n) is 9.64. The van der Waals surface area contributed by atoms with E-state index in [1.807, 2.05) is 0 Å². The predicted molar refractivity (Wildman–Crippen MR) is 112 cm³/mol. The van der Waals surface area contributed by atoms with Crippen LogP contribution in [0.4, 0.5) is 8.78 Å². The lowest BCUT2D eigenvalue weighted by Crippen LogP contribution is -2.31. The molecule has 0 atom stereocenters. The molecule has 1 amide bonds. The van der Waals surface area contributed by atoms with E-state index in [9.17, 15) is 22.0 Å². The number of rotatable bonds is 10. The van der Waals surface area contributed by atoms with Crippen molar-refractivity contribution in [3.63, 3.8) is 0 Å². The summed E-state index contributed by atoms with van der Waals surface area (Å²) in [6.07, 6.45) is 0. The molecule has 0 bridgehead atoms. The van der Waals surface area contributed by atoms with Crippen LogP contribution in [0.2, 0.25) is 0 Å². The van der Waals surface area contributed by atoms with Crippen LogP contribution in [0.1, 0.15) is 35.3 Å². The van der Waals surface area contributed by atoms with E-state index < -0.39 is 22.5 Å². The number of nitrogens with one attached hydrogen (secondary N) is 1. The average Bonchev–Trinajstić information content (AvgIpc) is 2.73. The number of aryl methyl sites for hydroxylation is 1. The molecule has 0 fully saturated rings. The van der Waals surface area contributed by atoms with Crippen molar-refractivity contribution in [2.24, 2.45) is 0 Å². The zero-order valence-corrected chi connectivity index (χ0v) is 18.6. The molecule has 1 N–H and O–H groups in total. The standard InChI is InChI=1S/C21H26F2N2O5S/c1-5-25(6-2)31(27,28)19-12-16(9-7-14(19)3)20(26)24-13-15-8-10-17(30-21(22)23)18(11-15)29-4/h7-12,21H,5-6,13H2,1-4H3,(H,24,26). The molecule has 10 heteroatoms. The van der Waals surface area contributed by atoms with Gasteiger partial charge in [-0.25, -0.2) is 8.42 Å². The van der Waals surface area contributed by atoms with Crippen molar-refractivity contribution >= 4 is 15.9 Å². The first-order valence-corrected chi connectivity index (χ1v) is 11.1. The summed E-state index contributed by atoms with van der Waals surface area (Å²) in [6, 6.07) is 8.82. The van der Waals surface area contributed by atoms with Gasteiger partial charge in [-0.1, -0.05) is 26.0 Å². The van der Waals surface area contributed by atoms with Crippen molar-refractivity contribution in [3.05, 3.63) is 53.1 Å². The van der Waals surface area contributed by atoms with E-state index in [4.69, 9.17) is 4.74 Å². The molecular formula is C21H26F2N2O5S. The molecule has 0 unspecified atom stereocenters. The minimum absolute atomic E-state index is 0.0795. The maximum absolute atomic E-state index is 12.9. The number of alkyl halides is 2. The Hall–Kier alpha value is -2.72. The number of carbonyl (C=O) groups excluding carboxylic acids is 1. The fourth-order valence-electron chi connectivity index (χ4n) is 3.02. The Kier molecular flexibility index (Phi) is 8.35. The summed E-state index contributed by atoms with van der Waals surface area (Å²) in [5.41, 5.74) is 1.33. The second kappa shape index (κ2) is 10.5. The molecule has 0 aromatic heterocycles. The number of carbonyl (C=O) groups is 1. The summed E-state index contributed by atoms with van der Waals surface area (Å²) < 4.78 is 61.3. The summed E-state index contributed by atoms with van der Waals surface area (Å²) in [5, 5.41) is 2.69. The number of methoxy groups -OCH3 is 1. The Morgan fingerprint density at radius 2 is 1.77 bits per heavy atom. The smallest absolute Gasteiger partial charge is 0.387 e. The lowest BCUT2D eigenvalue weighted by molar-refractivity contribution is -0.0512. The van der Waals surface area contributed by atoms with E-state index in [0.29, 0.717) is 24.2 Å². The van der Waals surface area contributed by atoms with E-state index in [0.717, 1.165) is 0 Å². The molecule has 0 aliphatic rings. The third kappa shape index (κ3) is 5.92. The van der Waals surface area contributed by atoms with Crippen LogP contribution in [-0.2, 0) is 16.6 Å². The van der Waals surface area contributed by atoms with Crippen LogP contribution in [-0.4, -0.2) is 45.4 Å². The largest absolute Gasteiger partial charge is 0.493 e. The van der Waals surface area contributed by atoms with Crippen LogP contribution >= 0.6 is 0 Å². The van der Waals surface area contributed by atoms with Crippen molar-refractivity contribution in [1.82, 2.24) is 9.62 Å². The quantitative estimate of drug-likeness (QED) is 0.591. The number of ether oxygens (including phenoxy) is 2. The molecule has 0 heterocycles. The van der Waals surface area contributed by atoms with Crippen LogP contribution in [0.15, 0.2) is 41.3 Å². The van der Waals surface area contributed by atoms with Gasteiger partial charge in [-0.3, -0.25) is 4.79 Å². The van der Waals surface area contributed by atoms with Crippen molar-refractivity contribution in [2.75, 3.05) is 20.2 Å². The van der Waals surface area contributed by atoms with Gasteiger partial charge in [0.2, 0.25) is 10.0 Å². The molecule has 2 aromatic rings. The topological polar surface area (TPSA) is 84.9 Å². The molecule has 0 radical (unpaired) electrons. The molecule has 170 valence electrons.